The lowest BCUT2D eigenvalue weighted by Gasteiger charge is -2.21. The van der Waals surface area contributed by atoms with Crippen molar-refractivity contribution in [2.75, 3.05) is 18.0 Å². The van der Waals surface area contributed by atoms with Crippen LogP contribution in [0.4, 0.5) is 5.69 Å². The SMILES string of the molecule is CCN(CC)c1ccc(Cc2c(O)ccc3ccc(O)cc23)cc1. The van der Waals surface area contributed by atoms with E-state index >= 15 is 0 Å². The van der Waals surface area contributed by atoms with Crippen LogP contribution < -0.4 is 4.90 Å². The number of phenolic OH excluding ortho intramolecular Hbond substituents is 2. The summed E-state index contributed by atoms with van der Waals surface area (Å²) in [6.07, 6.45) is 0.630. The van der Waals surface area contributed by atoms with Crippen molar-refractivity contribution in [2.24, 2.45) is 0 Å². The monoisotopic (exact) mass is 321 g/mol. The summed E-state index contributed by atoms with van der Waals surface area (Å²) in [5, 5.41) is 22.0. The molecule has 0 aliphatic carbocycles. The van der Waals surface area contributed by atoms with Crippen molar-refractivity contribution < 1.29 is 10.2 Å². The highest BCUT2D eigenvalue weighted by atomic mass is 16.3. The largest absolute Gasteiger partial charge is 0.508 e. The van der Waals surface area contributed by atoms with Gasteiger partial charge in [0.15, 0.2) is 0 Å². The van der Waals surface area contributed by atoms with Crippen molar-refractivity contribution in [3.05, 3.63) is 65.7 Å². The van der Waals surface area contributed by atoms with Gasteiger partial charge in [-0.05, 0) is 60.5 Å². The summed E-state index contributed by atoms with van der Waals surface area (Å²) in [5.41, 5.74) is 3.19. The Bertz CT molecular complexity index is 831. The summed E-state index contributed by atoms with van der Waals surface area (Å²) < 4.78 is 0. The van der Waals surface area contributed by atoms with Crippen LogP contribution in [0.2, 0.25) is 0 Å². The Kier molecular flexibility index (Phi) is 4.61. The Labute approximate surface area is 142 Å². The molecule has 0 aliphatic rings. The number of aromatic hydroxyl groups is 2. The van der Waals surface area contributed by atoms with E-state index in [1.807, 2.05) is 12.1 Å². The van der Waals surface area contributed by atoms with Crippen molar-refractivity contribution in [3.8, 4) is 11.5 Å². The van der Waals surface area contributed by atoms with Gasteiger partial charge < -0.3 is 15.1 Å². The molecule has 0 radical (unpaired) electrons. The second kappa shape index (κ2) is 6.83. The predicted octanol–water partition coefficient (Wildman–Crippen LogP) is 4.69. The van der Waals surface area contributed by atoms with Crippen LogP contribution >= 0.6 is 0 Å². The fraction of sp³-hybridized carbons (Fsp3) is 0.238. The van der Waals surface area contributed by atoms with E-state index in [1.54, 1.807) is 18.2 Å². The molecular formula is C21H23NO2. The molecule has 3 rings (SSSR count). The quantitative estimate of drug-likeness (QED) is 0.716. The molecule has 0 aromatic heterocycles. The maximum Gasteiger partial charge on any atom is 0.119 e. The average Bonchev–Trinajstić information content (AvgIpc) is 2.60. The molecule has 0 fully saturated rings. The van der Waals surface area contributed by atoms with Gasteiger partial charge in [-0.1, -0.05) is 24.3 Å². The van der Waals surface area contributed by atoms with Crippen LogP contribution in [0.1, 0.15) is 25.0 Å². The summed E-state index contributed by atoms with van der Waals surface area (Å²) in [6, 6.07) is 17.3. The minimum atomic E-state index is 0.214. The average molecular weight is 321 g/mol. The van der Waals surface area contributed by atoms with Gasteiger partial charge in [0.2, 0.25) is 0 Å². The Morgan fingerprint density at radius 1 is 0.833 bits per heavy atom. The van der Waals surface area contributed by atoms with Gasteiger partial charge in [-0.25, -0.2) is 0 Å². The molecule has 24 heavy (non-hydrogen) atoms. The van der Waals surface area contributed by atoms with Gasteiger partial charge in [0.05, 0.1) is 0 Å². The van der Waals surface area contributed by atoms with E-state index in [-0.39, 0.29) is 11.5 Å². The highest BCUT2D eigenvalue weighted by Crippen LogP contribution is 2.32. The van der Waals surface area contributed by atoms with E-state index in [0.29, 0.717) is 6.42 Å². The molecule has 0 saturated carbocycles. The van der Waals surface area contributed by atoms with E-state index < -0.39 is 0 Å². The second-order valence-corrected chi connectivity index (χ2v) is 5.98. The third kappa shape index (κ3) is 3.16. The minimum Gasteiger partial charge on any atom is -0.508 e. The molecule has 3 nitrogen and oxygen atoms in total. The Morgan fingerprint density at radius 2 is 1.50 bits per heavy atom. The van der Waals surface area contributed by atoms with Crippen molar-refractivity contribution >= 4 is 16.5 Å². The number of hydrogen-bond acceptors (Lipinski definition) is 3. The van der Waals surface area contributed by atoms with Crippen LogP contribution in [-0.2, 0) is 6.42 Å². The summed E-state index contributed by atoms with van der Waals surface area (Å²) >= 11 is 0. The first kappa shape index (κ1) is 16.2. The zero-order valence-electron chi connectivity index (χ0n) is 14.2. The molecule has 0 aliphatic heterocycles. The van der Waals surface area contributed by atoms with Crippen molar-refractivity contribution in [1.82, 2.24) is 0 Å². The van der Waals surface area contributed by atoms with Crippen LogP contribution in [-0.4, -0.2) is 23.3 Å². The molecule has 0 saturated heterocycles. The van der Waals surface area contributed by atoms with Gasteiger partial charge >= 0.3 is 0 Å². The third-order valence-electron chi connectivity index (χ3n) is 4.54. The van der Waals surface area contributed by atoms with Crippen molar-refractivity contribution in [1.29, 1.82) is 0 Å². The fourth-order valence-corrected chi connectivity index (χ4v) is 3.16. The lowest BCUT2D eigenvalue weighted by molar-refractivity contribution is 0.470. The lowest BCUT2D eigenvalue weighted by Crippen LogP contribution is -2.21. The Hall–Kier alpha value is -2.68. The first-order valence-corrected chi connectivity index (χ1v) is 8.39. The predicted molar refractivity (Wildman–Crippen MR) is 100 cm³/mol. The van der Waals surface area contributed by atoms with E-state index in [9.17, 15) is 10.2 Å². The van der Waals surface area contributed by atoms with Crippen LogP contribution in [0.15, 0.2) is 54.6 Å². The number of benzene rings is 3. The van der Waals surface area contributed by atoms with Gasteiger partial charge in [0.1, 0.15) is 11.5 Å². The topological polar surface area (TPSA) is 43.7 Å². The number of nitrogens with zero attached hydrogens (tertiary/aromatic N) is 1. The zero-order valence-corrected chi connectivity index (χ0v) is 14.2. The lowest BCUT2D eigenvalue weighted by atomic mass is 9.97. The normalized spacial score (nSPS) is 10.9. The maximum absolute atomic E-state index is 10.3. The molecule has 0 heterocycles. The van der Waals surface area contributed by atoms with Gasteiger partial charge in [-0.2, -0.15) is 0 Å². The highest BCUT2D eigenvalue weighted by Gasteiger charge is 2.09. The summed E-state index contributed by atoms with van der Waals surface area (Å²) in [6.45, 7) is 6.27. The van der Waals surface area contributed by atoms with E-state index in [2.05, 4.69) is 43.0 Å². The summed E-state index contributed by atoms with van der Waals surface area (Å²) in [7, 11) is 0. The van der Waals surface area contributed by atoms with Crippen LogP contribution in [0.25, 0.3) is 10.8 Å². The maximum atomic E-state index is 10.3. The second-order valence-electron chi connectivity index (χ2n) is 5.98. The number of phenols is 2. The molecule has 0 amide bonds. The molecule has 2 N–H and O–H groups in total. The number of hydrogen-bond donors (Lipinski definition) is 2. The number of fused-ring (bicyclic) bond motifs is 1. The smallest absolute Gasteiger partial charge is 0.119 e. The van der Waals surface area contributed by atoms with Gasteiger partial charge in [0, 0.05) is 30.8 Å². The molecule has 0 unspecified atom stereocenters. The molecule has 0 atom stereocenters. The van der Waals surface area contributed by atoms with Gasteiger partial charge in [-0.15, -0.1) is 0 Å². The molecule has 3 aromatic carbocycles. The standard InChI is InChI=1S/C21H23NO2/c1-3-22(4-2)17-9-5-15(6-10-17)13-20-19-14-18(23)11-7-16(19)8-12-21(20)24/h5-12,14,23-24H,3-4,13H2,1-2H3. The van der Waals surface area contributed by atoms with Crippen molar-refractivity contribution in [3.63, 3.8) is 0 Å². The van der Waals surface area contributed by atoms with E-state index in [1.165, 1.54) is 5.69 Å². The molecule has 3 aromatic rings. The van der Waals surface area contributed by atoms with Gasteiger partial charge in [0.25, 0.3) is 0 Å². The molecule has 3 heteroatoms. The highest BCUT2D eigenvalue weighted by molar-refractivity contribution is 5.89. The Morgan fingerprint density at radius 3 is 2.17 bits per heavy atom. The molecule has 0 spiro atoms. The van der Waals surface area contributed by atoms with Crippen molar-refractivity contribution in [2.45, 2.75) is 20.3 Å². The Balaban J connectivity index is 1.95. The fourth-order valence-electron chi connectivity index (χ4n) is 3.16. The van der Waals surface area contributed by atoms with Crippen LogP contribution in [0.5, 0.6) is 11.5 Å². The first-order valence-electron chi connectivity index (χ1n) is 8.39. The minimum absolute atomic E-state index is 0.214. The van der Waals surface area contributed by atoms with Crippen LogP contribution in [0, 0.1) is 0 Å². The zero-order chi connectivity index (χ0) is 17.1. The van der Waals surface area contributed by atoms with Gasteiger partial charge in [-0.3, -0.25) is 0 Å². The van der Waals surface area contributed by atoms with E-state index in [4.69, 9.17) is 0 Å². The number of anilines is 1. The third-order valence-corrected chi connectivity index (χ3v) is 4.54. The molecule has 124 valence electrons. The first-order chi connectivity index (χ1) is 11.6. The number of rotatable bonds is 5. The summed E-state index contributed by atoms with van der Waals surface area (Å²) in [5.74, 6) is 0.479. The van der Waals surface area contributed by atoms with E-state index in [0.717, 1.165) is 35.0 Å². The molecule has 0 bridgehead atoms. The van der Waals surface area contributed by atoms with Crippen LogP contribution in [0.3, 0.4) is 0 Å². The molecular weight excluding hydrogens is 298 g/mol. The summed E-state index contributed by atoms with van der Waals surface area (Å²) in [4.78, 5) is 2.30.